The summed E-state index contributed by atoms with van der Waals surface area (Å²) in [5.41, 5.74) is 0. The molecule has 0 aromatic rings. The number of carbonyl (C=O) groups excluding carboxylic acids is 5. The molecule has 0 N–H and O–H groups in total. The van der Waals surface area contributed by atoms with Crippen molar-refractivity contribution in [3.05, 3.63) is 12.7 Å². The maximum Gasteiger partial charge on any atom is 0.302 e. The molecule has 0 rings (SSSR count). The van der Waals surface area contributed by atoms with Crippen molar-refractivity contribution in [3.63, 3.8) is 0 Å². The molecular formula is C23H36O10. The molecule has 0 bridgehead atoms. The molecule has 1 unspecified atom stereocenters. The lowest BCUT2D eigenvalue weighted by molar-refractivity contribution is -0.159. The first kappa shape index (κ1) is 30.1. The number of hydrogen-bond acceptors (Lipinski definition) is 10. The summed E-state index contributed by atoms with van der Waals surface area (Å²) in [7, 11) is 0. The fourth-order valence-electron chi connectivity index (χ4n) is 3.48. The van der Waals surface area contributed by atoms with Gasteiger partial charge in [0.1, 0.15) is 30.5 Å². The second-order valence-electron chi connectivity index (χ2n) is 7.81. The highest BCUT2D eigenvalue weighted by Gasteiger charge is 2.29. The average molecular weight is 473 g/mol. The van der Waals surface area contributed by atoms with Gasteiger partial charge >= 0.3 is 29.8 Å². The first-order valence-electron chi connectivity index (χ1n) is 10.8. The SMILES string of the molecule is C=CCC(C[C@H](C[C@H](C[C@H](C[C@H](C)OC(C)=O)OC(C)=O)OC(C)=O)OC(C)=O)OC(C)=O. The van der Waals surface area contributed by atoms with Crippen molar-refractivity contribution >= 4 is 29.8 Å². The minimum absolute atomic E-state index is 0.0772. The molecule has 0 spiro atoms. The fourth-order valence-corrected chi connectivity index (χ4v) is 3.48. The highest BCUT2D eigenvalue weighted by molar-refractivity contribution is 5.67. The van der Waals surface area contributed by atoms with Gasteiger partial charge in [-0.15, -0.1) is 6.58 Å². The summed E-state index contributed by atoms with van der Waals surface area (Å²) in [6, 6.07) is 0. The van der Waals surface area contributed by atoms with E-state index in [1.165, 1.54) is 34.6 Å². The van der Waals surface area contributed by atoms with Gasteiger partial charge in [0.15, 0.2) is 0 Å². The lowest BCUT2D eigenvalue weighted by Gasteiger charge is -2.29. The van der Waals surface area contributed by atoms with Crippen molar-refractivity contribution in [1.82, 2.24) is 0 Å². The third-order valence-electron chi connectivity index (χ3n) is 4.30. The van der Waals surface area contributed by atoms with Crippen molar-refractivity contribution in [2.75, 3.05) is 0 Å². The van der Waals surface area contributed by atoms with E-state index in [2.05, 4.69) is 6.58 Å². The smallest absolute Gasteiger partial charge is 0.302 e. The Morgan fingerprint density at radius 2 is 0.879 bits per heavy atom. The lowest BCUT2D eigenvalue weighted by Crippen LogP contribution is -2.34. The third kappa shape index (κ3) is 16.4. The van der Waals surface area contributed by atoms with E-state index in [0.717, 1.165) is 0 Å². The maximum absolute atomic E-state index is 11.7. The first-order valence-corrected chi connectivity index (χ1v) is 10.8. The molecule has 0 aromatic heterocycles. The molecule has 33 heavy (non-hydrogen) atoms. The average Bonchev–Trinajstić information content (AvgIpc) is 2.58. The van der Waals surface area contributed by atoms with E-state index in [9.17, 15) is 24.0 Å². The van der Waals surface area contributed by atoms with Crippen molar-refractivity contribution in [2.45, 2.75) is 104 Å². The Balaban J connectivity index is 5.59. The summed E-state index contributed by atoms with van der Waals surface area (Å²) in [4.78, 5) is 57.6. The Kier molecular flexibility index (Phi) is 14.4. The Morgan fingerprint density at radius 3 is 1.21 bits per heavy atom. The zero-order valence-electron chi connectivity index (χ0n) is 20.3. The van der Waals surface area contributed by atoms with Crippen molar-refractivity contribution < 1.29 is 47.7 Å². The molecule has 0 aliphatic heterocycles. The second-order valence-corrected chi connectivity index (χ2v) is 7.81. The molecular weight excluding hydrogens is 436 g/mol. The van der Waals surface area contributed by atoms with E-state index < -0.39 is 60.4 Å². The summed E-state index contributed by atoms with van der Waals surface area (Å²) >= 11 is 0. The number of rotatable bonds is 15. The molecule has 0 saturated carbocycles. The van der Waals surface area contributed by atoms with Gasteiger partial charge in [-0.1, -0.05) is 6.08 Å². The molecule has 10 nitrogen and oxygen atoms in total. The van der Waals surface area contributed by atoms with Crippen molar-refractivity contribution in [1.29, 1.82) is 0 Å². The molecule has 0 saturated heterocycles. The van der Waals surface area contributed by atoms with Crippen LogP contribution in [0.1, 0.15) is 73.6 Å². The Labute approximate surface area is 194 Å². The maximum atomic E-state index is 11.7. The van der Waals surface area contributed by atoms with Gasteiger partial charge in [0.05, 0.1) is 0 Å². The van der Waals surface area contributed by atoms with Crippen LogP contribution in [0.2, 0.25) is 0 Å². The highest BCUT2D eigenvalue weighted by atomic mass is 16.6. The van der Waals surface area contributed by atoms with E-state index in [4.69, 9.17) is 23.7 Å². The largest absolute Gasteiger partial charge is 0.463 e. The topological polar surface area (TPSA) is 132 Å². The summed E-state index contributed by atoms with van der Waals surface area (Å²) in [6.07, 6.45) is -0.978. The summed E-state index contributed by atoms with van der Waals surface area (Å²) in [6.45, 7) is 11.5. The fraction of sp³-hybridized carbons (Fsp3) is 0.696. The Bertz CT molecular complexity index is 687. The minimum Gasteiger partial charge on any atom is -0.463 e. The summed E-state index contributed by atoms with van der Waals surface area (Å²) in [5, 5.41) is 0. The molecule has 0 aliphatic rings. The number of esters is 5. The van der Waals surface area contributed by atoms with Crippen LogP contribution in [0.15, 0.2) is 12.7 Å². The predicted molar refractivity (Wildman–Crippen MR) is 117 cm³/mol. The molecule has 0 fully saturated rings. The van der Waals surface area contributed by atoms with Crippen LogP contribution >= 0.6 is 0 Å². The minimum atomic E-state index is -0.789. The van der Waals surface area contributed by atoms with Gasteiger partial charge in [-0.05, 0) is 6.92 Å². The van der Waals surface area contributed by atoms with Crippen LogP contribution < -0.4 is 0 Å². The number of hydrogen-bond donors (Lipinski definition) is 0. The molecule has 0 aromatic carbocycles. The van der Waals surface area contributed by atoms with Crippen LogP contribution in [-0.4, -0.2) is 60.4 Å². The zero-order valence-corrected chi connectivity index (χ0v) is 20.3. The molecule has 0 radical (unpaired) electrons. The van der Waals surface area contributed by atoms with Crippen LogP contribution in [0.5, 0.6) is 0 Å². The molecule has 0 amide bonds. The quantitative estimate of drug-likeness (QED) is 0.199. The van der Waals surface area contributed by atoms with Gasteiger partial charge < -0.3 is 23.7 Å². The van der Waals surface area contributed by atoms with Gasteiger partial charge in [0.25, 0.3) is 0 Å². The zero-order chi connectivity index (χ0) is 25.6. The monoisotopic (exact) mass is 472 g/mol. The summed E-state index contributed by atoms with van der Waals surface area (Å²) in [5.74, 6) is -2.64. The van der Waals surface area contributed by atoms with E-state index in [0.29, 0.717) is 6.42 Å². The second kappa shape index (κ2) is 15.8. The van der Waals surface area contributed by atoms with Gasteiger partial charge in [-0.2, -0.15) is 0 Å². The third-order valence-corrected chi connectivity index (χ3v) is 4.30. The predicted octanol–water partition coefficient (Wildman–Crippen LogP) is 2.80. The van der Waals surface area contributed by atoms with Crippen molar-refractivity contribution in [3.8, 4) is 0 Å². The van der Waals surface area contributed by atoms with Crippen LogP contribution in [0.3, 0.4) is 0 Å². The van der Waals surface area contributed by atoms with Crippen LogP contribution in [0.25, 0.3) is 0 Å². The van der Waals surface area contributed by atoms with Crippen LogP contribution in [0, 0.1) is 0 Å². The summed E-state index contributed by atoms with van der Waals surface area (Å²) < 4.78 is 26.5. The lowest BCUT2D eigenvalue weighted by atomic mass is 9.97. The Hall–Kier alpha value is -2.91. The van der Waals surface area contributed by atoms with E-state index in [1.807, 2.05) is 0 Å². The normalized spacial score (nSPS) is 15.1. The van der Waals surface area contributed by atoms with Crippen LogP contribution in [0.4, 0.5) is 0 Å². The Morgan fingerprint density at radius 1 is 0.576 bits per heavy atom. The van der Waals surface area contributed by atoms with Crippen molar-refractivity contribution in [2.24, 2.45) is 0 Å². The first-order chi connectivity index (χ1) is 15.3. The molecule has 0 aliphatic carbocycles. The number of ether oxygens (including phenoxy) is 5. The molecule has 5 atom stereocenters. The van der Waals surface area contributed by atoms with Crippen LogP contribution in [-0.2, 0) is 47.7 Å². The molecule has 10 heteroatoms. The van der Waals surface area contributed by atoms with E-state index in [1.54, 1.807) is 13.0 Å². The van der Waals surface area contributed by atoms with E-state index >= 15 is 0 Å². The van der Waals surface area contributed by atoms with E-state index in [-0.39, 0.29) is 25.7 Å². The van der Waals surface area contributed by atoms with Gasteiger partial charge in [0.2, 0.25) is 0 Å². The molecule has 188 valence electrons. The standard InChI is InChI=1S/C23H36O10/c1-8-9-20(30-16(4)25)11-22(32-18(6)27)13-23(33-19(7)28)12-21(31-17(5)26)10-14(2)29-15(3)24/h8,14,20-23H,1,9-13H2,2-7H3/t14-,20?,21-,22+,23-/m0/s1. The highest BCUT2D eigenvalue weighted by Crippen LogP contribution is 2.22. The molecule has 0 heterocycles. The van der Waals surface area contributed by atoms with Gasteiger partial charge in [0, 0.05) is 66.7 Å². The number of carbonyl (C=O) groups is 5. The van der Waals surface area contributed by atoms with Gasteiger partial charge in [-0.3, -0.25) is 24.0 Å². The van der Waals surface area contributed by atoms with Gasteiger partial charge in [-0.25, -0.2) is 0 Å².